The van der Waals surface area contributed by atoms with E-state index in [0.717, 1.165) is 42.1 Å². The molecule has 0 atom stereocenters. The van der Waals surface area contributed by atoms with Crippen molar-refractivity contribution in [2.75, 3.05) is 20.3 Å². The summed E-state index contributed by atoms with van der Waals surface area (Å²) in [4.78, 5) is 0. The molecule has 3 nitrogen and oxygen atoms in total. The average molecular weight is 358 g/mol. The van der Waals surface area contributed by atoms with Gasteiger partial charge in [-0.1, -0.05) is 33.6 Å². The smallest absolute Gasteiger partial charge is 0.175 e. The van der Waals surface area contributed by atoms with Crippen molar-refractivity contribution in [2.45, 2.75) is 46.6 Å². The minimum Gasteiger partial charge on any atom is -0.493 e. The van der Waals surface area contributed by atoms with Crippen LogP contribution in [0.2, 0.25) is 0 Å². The molecule has 21 heavy (non-hydrogen) atoms. The average Bonchev–Trinajstić information content (AvgIpc) is 2.44. The van der Waals surface area contributed by atoms with Gasteiger partial charge in [0.15, 0.2) is 11.5 Å². The quantitative estimate of drug-likeness (QED) is 0.611. The summed E-state index contributed by atoms with van der Waals surface area (Å²) in [5, 5.41) is 3.44. The van der Waals surface area contributed by atoms with Crippen molar-refractivity contribution in [3.05, 3.63) is 22.2 Å². The van der Waals surface area contributed by atoms with Gasteiger partial charge >= 0.3 is 0 Å². The van der Waals surface area contributed by atoms with Gasteiger partial charge in [0.1, 0.15) is 0 Å². The van der Waals surface area contributed by atoms with Gasteiger partial charge in [0.25, 0.3) is 0 Å². The molecule has 120 valence electrons. The molecule has 0 bridgehead atoms. The third-order valence-electron chi connectivity index (χ3n) is 3.17. The Hall–Kier alpha value is -0.740. The van der Waals surface area contributed by atoms with E-state index < -0.39 is 0 Å². The molecular weight excluding hydrogens is 330 g/mol. The zero-order valence-electron chi connectivity index (χ0n) is 13.7. The molecule has 0 spiro atoms. The van der Waals surface area contributed by atoms with E-state index in [4.69, 9.17) is 9.47 Å². The van der Waals surface area contributed by atoms with Crippen molar-refractivity contribution >= 4 is 15.9 Å². The maximum Gasteiger partial charge on any atom is 0.175 e. The molecule has 0 unspecified atom stereocenters. The Bertz CT molecular complexity index is 421. The first-order chi connectivity index (χ1) is 10.1. The van der Waals surface area contributed by atoms with Crippen molar-refractivity contribution < 1.29 is 9.47 Å². The van der Waals surface area contributed by atoms with Crippen LogP contribution >= 0.6 is 15.9 Å². The van der Waals surface area contributed by atoms with Gasteiger partial charge in [0.05, 0.1) is 18.2 Å². The molecule has 0 saturated heterocycles. The van der Waals surface area contributed by atoms with E-state index in [9.17, 15) is 0 Å². The van der Waals surface area contributed by atoms with Crippen LogP contribution in [-0.2, 0) is 6.54 Å². The second-order valence-electron chi connectivity index (χ2n) is 5.69. The minimum atomic E-state index is 0.650. The van der Waals surface area contributed by atoms with Gasteiger partial charge < -0.3 is 14.8 Å². The highest BCUT2D eigenvalue weighted by Gasteiger charge is 2.11. The summed E-state index contributed by atoms with van der Waals surface area (Å²) in [6, 6.07) is 4.15. The summed E-state index contributed by atoms with van der Waals surface area (Å²) in [6.07, 6.45) is 3.46. The summed E-state index contributed by atoms with van der Waals surface area (Å²) in [6.45, 7) is 9.18. The third kappa shape index (κ3) is 6.70. The number of hydrogen-bond acceptors (Lipinski definition) is 3. The molecule has 4 heteroatoms. The lowest BCUT2D eigenvalue weighted by atomic mass is 10.1. The molecule has 0 aliphatic carbocycles. The standard InChI is InChI=1S/C17H28BrNO2/c1-5-6-7-8-21-17-15(18)9-14(10-16(17)20-4)12-19-11-13(2)3/h9-10,13,19H,5-8,11-12H2,1-4H3. The minimum absolute atomic E-state index is 0.650. The zero-order valence-corrected chi connectivity index (χ0v) is 15.3. The first kappa shape index (κ1) is 18.3. The number of unbranched alkanes of at least 4 members (excludes halogenated alkanes) is 2. The molecule has 1 aromatic rings. The molecule has 1 N–H and O–H groups in total. The van der Waals surface area contributed by atoms with E-state index in [1.54, 1.807) is 7.11 Å². The van der Waals surface area contributed by atoms with E-state index in [1.165, 1.54) is 18.4 Å². The Kier molecular flexibility index (Phi) is 8.77. The Balaban J connectivity index is 2.67. The maximum absolute atomic E-state index is 5.87. The van der Waals surface area contributed by atoms with Crippen LogP contribution in [0.1, 0.15) is 45.6 Å². The first-order valence-electron chi connectivity index (χ1n) is 7.78. The number of nitrogens with one attached hydrogen (secondary N) is 1. The van der Waals surface area contributed by atoms with Crippen molar-refractivity contribution in [2.24, 2.45) is 5.92 Å². The summed E-state index contributed by atoms with van der Waals surface area (Å²) in [7, 11) is 1.69. The third-order valence-corrected chi connectivity index (χ3v) is 3.75. The van der Waals surface area contributed by atoms with Crippen molar-refractivity contribution in [1.82, 2.24) is 5.32 Å². The molecular formula is C17H28BrNO2. The molecule has 0 fully saturated rings. The van der Waals surface area contributed by atoms with Crippen molar-refractivity contribution in [1.29, 1.82) is 0 Å². The molecule has 0 amide bonds. The zero-order chi connectivity index (χ0) is 15.7. The predicted octanol–water partition coefficient (Wildman–Crippen LogP) is 4.77. The topological polar surface area (TPSA) is 30.5 Å². The lowest BCUT2D eigenvalue weighted by molar-refractivity contribution is 0.284. The van der Waals surface area contributed by atoms with Crippen LogP contribution in [0.4, 0.5) is 0 Å². The molecule has 0 saturated carbocycles. The summed E-state index contributed by atoms with van der Waals surface area (Å²) < 4.78 is 12.3. The number of rotatable bonds is 10. The van der Waals surface area contributed by atoms with Crippen LogP contribution in [0.5, 0.6) is 11.5 Å². The fourth-order valence-corrected chi connectivity index (χ4v) is 2.65. The fourth-order valence-electron chi connectivity index (χ4n) is 2.05. The van der Waals surface area contributed by atoms with E-state index in [0.29, 0.717) is 5.92 Å². The molecule has 0 aromatic heterocycles. The number of ether oxygens (including phenoxy) is 2. The molecule has 0 aliphatic heterocycles. The highest BCUT2D eigenvalue weighted by molar-refractivity contribution is 9.10. The Morgan fingerprint density at radius 2 is 2.00 bits per heavy atom. The van der Waals surface area contributed by atoms with E-state index in [-0.39, 0.29) is 0 Å². The van der Waals surface area contributed by atoms with Crippen LogP contribution in [0.25, 0.3) is 0 Å². The molecule has 0 heterocycles. The normalized spacial score (nSPS) is 11.0. The fraction of sp³-hybridized carbons (Fsp3) is 0.647. The largest absolute Gasteiger partial charge is 0.493 e. The van der Waals surface area contributed by atoms with Gasteiger partial charge in [-0.05, 0) is 52.5 Å². The SMILES string of the molecule is CCCCCOc1c(Br)cc(CNCC(C)C)cc1OC. The predicted molar refractivity (Wildman–Crippen MR) is 92.3 cm³/mol. The monoisotopic (exact) mass is 357 g/mol. The number of halogens is 1. The Labute approximate surface area is 137 Å². The molecule has 0 radical (unpaired) electrons. The van der Waals surface area contributed by atoms with Gasteiger partial charge in [-0.25, -0.2) is 0 Å². The van der Waals surface area contributed by atoms with Gasteiger partial charge in [0.2, 0.25) is 0 Å². The first-order valence-corrected chi connectivity index (χ1v) is 8.57. The van der Waals surface area contributed by atoms with E-state index >= 15 is 0 Å². The summed E-state index contributed by atoms with van der Waals surface area (Å²) in [5.74, 6) is 2.25. The van der Waals surface area contributed by atoms with E-state index in [1.807, 2.05) is 6.07 Å². The van der Waals surface area contributed by atoms with Gasteiger partial charge in [-0.2, -0.15) is 0 Å². The number of methoxy groups -OCH3 is 1. The number of benzene rings is 1. The van der Waals surface area contributed by atoms with Gasteiger partial charge in [0, 0.05) is 6.54 Å². The van der Waals surface area contributed by atoms with Gasteiger partial charge in [-0.3, -0.25) is 0 Å². The van der Waals surface area contributed by atoms with Crippen molar-refractivity contribution in [3.63, 3.8) is 0 Å². The van der Waals surface area contributed by atoms with E-state index in [2.05, 4.69) is 48.1 Å². The van der Waals surface area contributed by atoms with Crippen LogP contribution in [-0.4, -0.2) is 20.3 Å². The van der Waals surface area contributed by atoms with Crippen LogP contribution < -0.4 is 14.8 Å². The molecule has 1 aromatic carbocycles. The number of hydrogen-bond donors (Lipinski definition) is 1. The van der Waals surface area contributed by atoms with Gasteiger partial charge in [-0.15, -0.1) is 0 Å². The second-order valence-corrected chi connectivity index (χ2v) is 6.54. The lowest BCUT2D eigenvalue weighted by Crippen LogP contribution is -2.19. The highest BCUT2D eigenvalue weighted by atomic mass is 79.9. The Morgan fingerprint density at radius 3 is 2.62 bits per heavy atom. The summed E-state index contributed by atoms with van der Waals surface area (Å²) in [5.41, 5.74) is 1.19. The summed E-state index contributed by atoms with van der Waals surface area (Å²) >= 11 is 3.60. The van der Waals surface area contributed by atoms with Crippen LogP contribution in [0, 0.1) is 5.92 Å². The lowest BCUT2D eigenvalue weighted by Gasteiger charge is -2.15. The molecule has 0 aliphatic rings. The highest BCUT2D eigenvalue weighted by Crippen LogP contribution is 2.36. The second kappa shape index (κ2) is 10.1. The molecule has 1 rings (SSSR count). The van der Waals surface area contributed by atoms with Crippen LogP contribution in [0.15, 0.2) is 16.6 Å². The Morgan fingerprint density at radius 1 is 1.24 bits per heavy atom. The van der Waals surface area contributed by atoms with Crippen molar-refractivity contribution in [3.8, 4) is 11.5 Å². The maximum atomic E-state index is 5.87. The van der Waals surface area contributed by atoms with Crippen LogP contribution in [0.3, 0.4) is 0 Å².